The van der Waals surface area contributed by atoms with Gasteiger partial charge in [0.1, 0.15) is 0 Å². The first-order valence-electron chi connectivity index (χ1n) is 2.62. The topological polar surface area (TPSA) is 40.1 Å². The molecule has 0 aliphatic carbocycles. The van der Waals surface area contributed by atoms with Crippen LogP contribution in [0.4, 0.5) is 0 Å². The molecule has 58 valence electrons. The molecule has 3 heteroatoms. The Balaban J connectivity index is 0. The number of carbonyl (C=O) groups is 1. The van der Waals surface area contributed by atoms with Crippen molar-refractivity contribution >= 4 is 5.97 Å². The SMILES string of the molecule is CC(C)(C)CC(=O)[O-].[Ag+]. The van der Waals surface area contributed by atoms with E-state index in [1.165, 1.54) is 0 Å². The molecular formula is C6H11AgO2. The van der Waals surface area contributed by atoms with Crippen LogP contribution in [0.1, 0.15) is 27.2 Å². The molecule has 0 atom stereocenters. The van der Waals surface area contributed by atoms with Gasteiger partial charge in [-0.1, -0.05) is 20.8 Å². The van der Waals surface area contributed by atoms with Crippen LogP contribution in [0.25, 0.3) is 0 Å². The number of rotatable bonds is 1. The number of hydrogen-bond acceptors (Lipinski definition) is 2. The van der Waals surface area contributed by atoms with Gasteiger partial charge in [0.2, 0.25) is 0 Å². The van der Waals surface area contributed by atoms with E-state index >= 15 is 0 Å². The van der Waals surface area contributed by atoms with E-state index in [4.69, 9.17) is 0 Å². The van der Waals surface area contributed by atoms with Crippen LogP contribution in [0.5, 0.6) is 0 Å². The van der Waals surface area contributed by atoms with E-state index in [-0.39, 0.29) is 34.2 Å². The average molecular weight is 223 g/mol. The summed E-state index contributed by atoms with van der Waals surface area (Å²) in [4.78, 5) is 9.90. The van der Waals surface area contributed by atoms with Crippen molar-refractivity contribution in [3.05, 3.63) is 0 Å². The fourth-order valence-electron chi connectivity index (χ4n) is 0.433. The Kier molecular flexibility index (Phi) is 5.43. The summed E-state index contributed by atoms with van der Waals surface area (Å²) in [5.74, 6) is -0.975. The summed E-state index contributed by atoms with van der Waals surface area (Å²) in [5.41, 5.74) is -0.140. The summed E-state index contributed by atoms with van der Waals surface area (Å²) in [7, 11) is 0. The van der Waals surface area contributed by atoms with Crippen molar-refractivity contribution in [1.29, 1.82) is 0 Å². The van der Waals surface area contributed by atoms with Gasteiger partial charge in [-0.05, 0) is 11.8 Å². The fourth-order valence-corrected chi connectivity index (χ4v) is 0.433. The molecule has 0 amide bonds. The fraction of sp³-hybridized carbons (Fsp3) is 0.833. The van der Waals surface area contributed by atoms with Crippen molar-refractivity contribution in [2.24, 2.45) is 5.41 Å². The molecule has 0 fully saturated rings. The second-order valence-corrected chi connectivity index (χ2v) is 3.11. The zero-order valence-electron chi connectivity index (χ0n) is 5.83. The first-order valence-corrected chi connectivity index (χ1v) is 2.62. The first-order chi connectivity index (χ1) is 3.42. The molecule has 9 heavy (non-hydrogen) atoms. The van der Waals surface area contributed by atoms with Crippen molar-refractivity contribution in [2.75, 3.05) is 0 Å². The molecule has 0 radical (unpaired) electrons. The van der Waals surface area contributed by atoms with Gasteiger partial charge in [-0.25, -0.2) is 0 Å². The molecule has 0 spiro atoms. The van der Waals surface area contributed by atoms with E-state index in [0.29, 0.717) is 0 Å². The van der Waals surface area contributed by atoms with Crippen molar-refractivity contribution in [1.82, 2.24) is 0 Å². The Bertz CT molecular complexity index is 93.7. The summed E-state index contributed by atoms with van der Waals surface area (Å²) in [6.07, 6.45) is 0.132. The Hall–Kier alpha value is 0.210. The van der Waals surface area contributed by atoms with Crippen molar-refractivity contribution in [2.45, 2.75) is 27.2 Å². The molecule has 0 saturated carbocycles. The van der Waals surface area contributed by atoms with Crippen molar-refractivity contribution in [3.63, 3.8) is 0 Å². The number of aliphatic carboxylic acids is 1. The minimum atomic E-state index is -0.975. The van der Waals surface area contributed by atoms with Crippen LogP contribution in [-0.4, -0.2) is 5.97 Å². The summed E-state index contributed by atoms with van der Waals surface area (Å²) in [6.45, 7) is 5.59. The molecule has 0 aromatic rings. The number of carbonyl (C=O) groups excluding carboxylic acids is 1. The number of carboxylic acid groups (broad SMARTS) is 1. The first kappa shape index (κ1) is 11.9. The van der Waals surface area contributed by atoms with Crippen LogP contribution >= 0.6 is 0 Å². The molecule has 0 bridgehead atoms. The van der Waals surface area contributed by atoms with E-state index in [0.717, 1.165) is 0 Å². The standard InChI is InChI=1S/C6H12O2.Ag/c1-6(2,3)4-5(7)8;/h4H2,1-3H3,(H,7,8);/q;+1/p-1. The van der Waals surface area contributed by atoms with E-state index in [9.17, 15) is 9.90 Å². The van der Waals surface area contributed by atoms with Crippen LogP contribution in [0.15, 0.2) is 0 Å². The Morgan fingerprint density at radius 1 is 1.44 bits per heavy atom. The molecule has 0 aromatic carbocycles. The molecule has 0 unspecified atom stereocenters. The quantitative estimate of drug-likeness (QED) is 0.594. The maximum absolute atomic E-state index is 9.90. The van der Waals surface area contributed by atoms with Gasteiger partial charge in [0.25, 0.3) is 0 Å². The number of hydrogen-bond donors (Lipinski definition) is 0. The Morgan fingerprint density at radius 3 is 1.78 bits per heavy atom. The van der Waals surface area contributed by atoms with Gasteiger partial charge in [-0.15, -0.1) is 0 Å². The van der Waals surface area contributed by atoms with E-state index in [2.05, 4.69) is 0 Å². The van der Waals surface area contributed by atoms with Crippen molar-refractivity contribution < 1.29 is 32.3 Å². The van der Waals surface area contributed by atoms with Gasteiger partial charge in [-0.3, -0.25) is 0 Å². The second kappa shape index (κ2) is 4.09. The third kappa shape index (κ3) is 11.7. The predicted octanol–water partition coefficient (Wildman–Crippen LogP) is 0.170. The van der Waals surface area contributed by atoms with Crippen LogP contribution in [0.2, 0.25) is 0 Å². The largest absolute Gasteiger partial charge is 1.00 e. The maximum atomic E-state index is 9.90. The van der Waals surface area contributed by atoms with E-state index in [1.807, 2.05) is 20.8 Å². The van der Waals surface area contributed by atoms with Crippen LogP contribution < -0.4 is 5.11 Å². The summed E-state index contributed by atoms with van der Waals surface area (Å²) in [6, 6.07) is 0. The minimum absolute atomic E-state index is 0. The maximum Gasteiger partial charge on any atom is 1.00 e. The van der Waals surface area contributed by atoms with Gasteiger partial charge >= 0.3 is 22.4 Å². The molecule has 0 N–H and O–H groups in total. The zero-order chi connectivity index (χ0) is 6.78. The number of carboxylic acids is 1. The summed E-state index contributed by atoms with van der Waals surface area (Å²) >= 11 is 0. The molecule has 0 aliphatic heterocycles. The normalized spacial score (nSPS) is 10.1. The molecule has 0 heterocycles. The molecule has 0 aliphatic rings. The molecule has 0 rings (SSSR count). The third-order valence-corrected chi connectivity index (χ3v) is 0.675. The Morgan fingerprint density at radius 2 is 1.78 bits per heavy atom. The second-order valence-electron chi connectivity index (χ2n) is 3.11. The summed E-state index contributed by atoms with van der Waals surface area (Å²) in [5, 5.41) is 9.90. The van der Waals surface area contributed by atoms with Gasteiger partial charge in [0.05, 0.1) is 0 Å². The van der Waals surface area contributed by atoms with E-state index in [1.54, 1.807) is 0 Å². The van der Waals surface area contributed by atoms with Gasteiger partial charge in [0.15, 0.2) is 0 Å². The smallest absolute Gasteiger partial charge is 0.550 e. The van der Waals surface area contributed by atoms with Crippen LogP contribution in [0, 0.1) is 5.41 Å². The molecular weight excluding hydrogens is 212 g/mol. The van der Waals surface area contributed by atoms with Gasteiger partial charge in [-0.2, -0.15) is 0 Å². The summed E-state index contributed by atoms with van der Waals surface area (Å²) < 4.78 is 0. The van der Waals surface area contributed by atoms with Crippen molar-refractivity contribution in [3.8, 4) is 0 Å². The molecule has 0 saturated heterocycles. The minimum Gasteiger partial charge on any atom is -0.550 e. The third-order valence-electron chi connectivity index (χ3n) is 0.675. The monoisotopic (exact) mass is 222 g/mol. The molecule has 0 aromatic heterocycles. The van der Waals surface area contributed by atoms with Crippen LogP contribution in [-0.2, 0) is 27.2 Å². The average Bonchev–Trinajstić information content (AvgIpc) is 1.21. The predicted molar refractivity (Wildman–Crippen MR) is 29.1 cm³/mol. The van der Waals surface area contributed by atoms with Crippen LogP contribution in [0.3, 0.4) is 0 Å². The van der Waals surface area contributed by atoms with Gasteiger partial charge < -0.3 is 9.90 Å². The zero-order valence-corrected chi connectivity index (χ0v) is 7.31. The Labute approximate surface area is 71.2 Å². The molecule has 2 nitrogen and oxygen atoms in total. The van der Waals surface area contributed by atoms with Gasteiger partial charge in [0, 0.05) is 5.97 Å². The van der Waals surface area contributed by atoms with E-state index < -0.39 is 5.97 Å².